The Kier molecular flexibility index (Phi) is 5.66. The minimum atomic E-state index is -1.70. The molecule has 0 aliphatic heterocycles. The first-order chi connectivity index (χ1) is 13.4. The third kappa shape index (κ3) is 3.71. The van der Waals surface area contributed by atoms with Crippen LogP contribution < -0.4 is 5.73 Å². The van der Waals surface area contributed by atoms with E-state index in [-0.39, 0.29) is 13.0 Å². The van der Waals surface area contributed by atoms with Crippen molar-refractivity contribution in [2.45, 2.75) is 38.3 Å². The monoisotopic (exact) mass is 379 g/mol. The molecule has 0 saturated carbocycles. The summed E-state index contributed by atoms with van der Waals surface area (Å²) in [4.78, 5) is 24.2. The predicted molar refractivity (Wildman–Crippen MR) is 108 cm³/mol. The average molecular weight is 379 g/mol. The molecule has 1 aliphatic carbocycles. The van der Waals surface area contributed by atoms with Gasteiger partial charge in [-0.05, 0) is 54.0 Å². The van der Waals surface area contributed by atoms with E-state index in [1.54, 1.807) is 6.08 Å². The fourth-order valence-corrected chi connectivity index (χ4v) is 3.70. The fraction of sp³-hybridized carbons (Fsp3) is 0.304. The molecule has 0 saturated heterocycles. The summed E-state index contributed by atoms with van der Waals surface area (Å²) in [5.41, 5.74) is 9.91. The van der Waals surface area contributed by atoms with Crippen molar-refractivity contribution < 1.29 is 19.4 Å². The molecule has 0 aromatic heterocycles. The fourth-order valence-electron chi connectivity index (χ4n) is 3.70. The third-order valence-corrected chi connectivity index (χ3v) is 5.45. The van der Waals surface area contributed by atoms with Crippen molar-refractivity contribution in [3.63, 3.8) is 0 Å². The molecule has 0 radical (unpaired) electrons. The number of hydrogen-bond donors (Lipinski definition) is 2. The van der Waals surface area contributed by atoms with Gasteiger partial charge in [0.05, 0.1) is 5.92 Å². The van der Waals surface area contributed by atoms with Crippen LogP contribution in [0.25, 0.3) is 11.1 Å². The van der Waals surface area contributed by atoms with Gasteiger partial charge in [0, 0.05) is 0 Å². The summed E-state index contributed by atoms with van der Waals surface area (Å²) in [6.07, 6.45) is 3.19. The maximum absolute atomic E-state index is 12.7. The maximum atomic E-state index is 12.7. The smallest absolute Gasteiger partial charge is 0.324 e. The van der Waals surface area contributed by atoms with Gasteiger partial charge in [-0.3, -0.25) is 9.59 Å². The molecule has 2 unspecified atom stereocenters. The van der Waals surface area contributed by atoms with Crippen LogP contribution in [0.2, 0.25) is 0 Å². The molecule has 3 N–H and O–H groups in total. The van der Waals surface area contributed by atoms with Crippen molar-refractivity contribution in [2.75, 3.05) is 0 Å². The standard InChI is InChI=1S/C23H25NO4/c1-3-4-12-20(23(2,24)22(26)27)21(25)28-14-16-9-7-11-18-17-10-6-5-8-15(17)13-19(16)18/h3,5-11,20H,1,4,12-14,24H2,2H3,(H,26,27). The van der Waals surface area contributed by atoms with E-state index >= 15 is 0 Å². The number of nitrogens with two attached hydrogens (primary N) is 1. The Bertz CT molecular complexity index is 917. The molecule has 146 valence electrons. The van der Waals surface area contributed by atoms with E-state index in [0.29, 0.717) is 6.42 Å². The van der Waals surface area contributed by atoms with Crippen LogP contribution >= 0.6 is 0 Å². The first kappa shape index (κ1) is 19.8. The Morgan fingerprint density at radius 1 is 1.25 bits per heavy atom. The van der Waals surface area contributed by atoms with Gasteiger partial charge in [0.25, 0.3) is 0 Å². The van der Waals surface area contributed by atoms with E-state index in [1.807, 2.05) is 24.3 Å². The molecule has 2 atom stereocenters. The van der Waals surface area contributed by atoms with Gasteiger partial charge < -0.3 is 15.6 Å². The molecule has 28 heavy (non-hydrogen) atoms. The minimum absolute atomic E-state index is 0.0935. The molecular formula is C23H25NO4. The normalized spacial score (nSPS) is 15.1. The Balaban J connectivity index is 1.77. The van der Waals surface area contributed by atoms with Crippen LogP contribution in [-0.4, -0.2) is 22.6 Å². The predicted octanol–water partition coefficient (Wildman–Crippen LogP) is 3.69. The molecule has 2 aromatic rings. The minimum Gasteiger partial charge on any atom is -0.480 e. The van der Waals surface area contributed by atoms with Gasteiger partial charge in [-0.1, -0.05) is 48.5 Å². The second-order valence-corrected chi connectivity index (χ2v) is 7.39. The number of aliphatic carboxylic acids is 1. The summed E-state index contributed by atoms with van der Waals surface area (Å²) in [6.45, 7) is 5.07. The van der Waals surface area contributed by atoms with Gasteiger partial charge >= 0.3 is 11.9 Å². The lowest BCUT2D eigenvalue weighted by atomic mass is 9.83. The highest BCUT2D eigenvalue weighted by atomic mass is 16.5. The molecule has 0 fully saturated rings. The number of fused-ring (bicyclic) bond motifs is 3. The van der Waals surface area contributed by atoms with E-state index in [9.17, 15) is 14.7 Å². The Morgan fingerprint density at radius 3 is 2.68 bits per heavy atom. The van der Waals surface area contributed by atoms with Gasteiger partial charge in [-0.2, -0.15) is 0 Å². The molecule has 0 spiro atoms. The molecular weight excluding hydrogens is 354 g/mol. The quantitative estimate of drug-likeness (QED) is 0.460. The van der Waals surface area contributed by atoms with Crippen molar-refractivity contribution in [3.05, 3.63) is 71.8 Å². The van der Waals surface area contributed by atoms with Gasteiger partial charge in [-0.15, -0.1) is 6.58 Å². The lowest BCUT2D eigenvalue weighted by Gasteiger charge is -2.28. The Hall–Kier alpha value is -2.92. The van der Waals surface area contributed by atoms with Crippen molar-refractivity contribution in [1.29, 1.82) is 0 Å². The first-order valence-corrected chi connectivity index (χ1v) is 9.35. The van der Waals surface area contributed by atoms with E-state index in [2.05, 4.69) is 24.8 Å². The van der Waals surface area contributed by atoms with E-state index in [0.717, 1.165) is 23.1 Å². The van der Waals surface area contributed by atoms with Crippen molar-refractivity contribution >= 4 is 11.9 Å². The van der Waals surface area contributed by atoms with E-state index in [4.69, 9.17) is 10.5 Å². The second kappa shape index (κ2) is 7.98. The Morgan fingerprint density at radius 2 is 1.96 bits per heavy atom. The largest absolute Gasteiger partial charge is 0.480 e. The third-order valence-electron chi connectivity index (χ3n) is 5.45. The summed E-state index contributed by atoms with van der Waals surface area (Å²) < 4.78 is 5.53. The summed E-state index contributed by atoms with van der Waals surface area (Å²) in [7, 11) is 0. The van der Waals surface area contributed by atoms with Crippen LogP contribution in [0, 0.1) is 5.92 Å². The number of esters is 1. The number of ether oxygens (including phenoxy) is 1. The second-order valence-electron chi connectivity index (χ2n) is 7.39. The first-order valence-electron chi connectivity index (χ1n) is 9.35. The van der Waals surface area contributed by atoms with Crippen LogP contribution in [0.5, 0.6) is 0 Å². The summed E-state index contributed by atoms with van der Waals surface area (Å²) in [6, 6.07) is 14.2. The molecule has 0 heterocycles. The Labute approximate surface area is 164 Å². The van der Waals surface area contributed by atoms with Crippen molar-refractivity contribution in [3.8, 4) is 11.1 Å². The highest BCUT2D eigenvalue weighted by Crippen LogP contribution is 2.38. The van der Waals surface area contributed by atoms with Crippen LogP contribution in [0.15, 0.2) is 55.1 Å². The van der Waals surface area contributed by atoms with Crippen LogP contribution in [0.4, 0.5) is 0 Å². The van der Waals surface area contributed by atoms with Gasteiger partial charge in [0.15, 0.2) is 0 Å². The molecule has 0 bridgehead atoms. The van der Waals surface area contributed by atoms with Crippen LogP contribution in [0.1, 0.15) is 36.5 Å². The van der Waals surface area contributed by atoms with Crippen LogP contribution in [0.3, 0.4) is 0 Å². The molecule has 2 aromatic carbocycles. The summed E-state index contributed by atoms with van der Waals surface area (Å²) in [5.74, 6) is -2.77. The van der Waals surface area contributed by atoms with Gasteiger partial charge in [-0.25, -0.2) is 0 Å². The molecule has 3 rings (SSSR count). The van der Waals surface area contributed by atoms with Crippen LogP contribution in [-0.2, 0) is 27.4 Å². The van der Waals surface area contributed by atoms with Gasteiger partial charge in [0.1, 0.15) is 12.1 Å². The number of carbonyl (C=O) groups excluding carboxylic acids is 1. The molecule has 1 aliphatic rings. The number of carboxylic acids is 1. The highest BCUT2D eigenvalue weighted by molar-refractivity contribution is 5.87. The van der Waals surface area contributed by atoms with E-state index < -0.39 is 23.4 Å². The highest BCUT2D eigenvalue weighted by Gasteiger charge is 2.42. The van der Waals surface area contributed by atoms with E-state index in [1.165, 1.54) is 18.1 Å². The topological polar surface area (TPSA) is 89.6 Å². The zero-order valence-corrected chi connectivity index (χ0v) is 16.0. The van der Waals surface area contributed by atoms with Crippen molar-refractivity contribution in [1.82, 2.24) is 0 Å². The summed E-state index contributed by atoms with van der Waals surface area (Å²) in [5, 5.41) is 9.41. The zero-order valence-electron chi connectivity index (χ0n) is 16.0. The number of carbonyl (C=O) groups is 2. The number of benzene rings is 2. The molecule has 5 heteroatoms. The lowest BCUT2D eigenvalue weighted by molar-refractivity contribution is -0.160. The molecule has 5 nitrogen and oxygen atoms in total. The van der Waals surface area contributed by atoms with Crippen molar-refractivity contribution in [2.24, 2.45) is 11.7 Å². The number of rotatable bonds is 8. The average Bonchev–Trinajstić information content (AvgIpc) is 3.05. The maximum Gasteiger partial charge on any atom is 0.324 e. The lowest BCUT2D eigenvalue weighted by Crippen LogP contribution is -2.54. The number of allylic oxidation sites excluding steroid dienone is 1. The summed E-state index contributed by atoms with van der Waals surface area (Å²) >= 11 is 0. The zero-order chi connectivity index (χ0) is 20.3. The number of carboxylic acid groups (broad SMARTS) is 1. The SMILES string of the molecule is C=CCCC(C(=O)OCc1cccc2c1Cc1ccccc1-2)C(C)(N)C(=O)O. The number of hydrogen-bond acceptors (Lipinski definition) is 4. The van der Waals surface area contributed by atoms with Gasteiger partial charge in [0.2, 0.25) is 0 Å². The molecule has 0 amide bonds.